The third kappa shape index (κ3) is 5.42. The molecule has 0 saturated heterocycles. The van der Waals surface area contributed by atoms with Crippen LogP contribution in [0.3, 0.4) is 0 Å². The topological polar surface area (TPSA) is 103 Å². The number of benzene rings is 1. The Kier molecular flexibility index (Phi) is 7.19. The number of nitrogens with two attached hydrogens (primary N) is 1. The van der Waals surface area contributed by atoms with E-state index in [0.29, 0.717) is 6.07 Å². The van der Waals surface area contributed by atoms with Crippen molar-refractivity contribution in [2.24, 2.45) is 5.14 Å². The van der Waals surface area contributed by atoms with Crippen LogP contribution in [0.1, 0.15) is 5.56 Å². The molecular weight excluding hydrogens is 425 g/mol. The number of non-ortho nitro benzene ring substituents is 1. The van der Waals surface area contributed by atoms with Crippen LogP contribution in [0.15, 0.2) is 23.1 Å². The highest BCUT2D eigenvalue weighted by Crippen LogP contribution is 2.33. The molecule has 110 valence electrons. The van der Waals surface area contributed by atoms with Crippen molar-refractivity contribution in [3.8, 4) is 0 Å². The summed E-state index contributed by atoms with van der Waals surface area (Å²) in [5, 5.41) is 15.0. The van der Waals surface area contributed by atoms with Crippen LogP contribution in [-0.2, 0) is 16.2 Å². The van der Waals surface area contributed by atoms with E-state index in [-0.39, 0.29) is 46.1 Å². The molecule has 0 aromatic heterocycles. The van der Waals surface area contributed by atoms with Crippen molar-refractivity contribution >= 4 is 49.7 Å². The van der Waals surface area contributed by atoms with Crippen LogP contribution >= 0.6 is 34.0 Å². The van der Waals surface area contributed by atoms with Gasteiger partial charge in [0.05, 0.1) is 15.4 Å². The number of halogens is 5. The Morgan fingerprint density at radius 3 is 1.95 bits per heavy atom. The summed E-state index contributed by atoms with van der Waals surface area (Å²) in [7, 11) is -4.45. The van der Waals surface area contributed by atoms with Gasteiger partial charge in [0.1, 0.15) is 0 Å². The standard InChI is InChI=1S/C7H5F3N2O4S.2BrH/c8-7(9,10)4-1-5(12(13)14)3-6(2-4)17(11,15)16;;/h1-3H,(H2,11,15,16);2*1H. The summed E-state index contributed by atoms with van der Waals surface area (Å²) in [5.41, 5.74) is -2.44. The monoisotopic (exact) mass is 430 g/mol. The molecule has 0 unspecified atom stereocenters. The summed E-state index contributed by atoms with van der Waals surface area (Å²) in [6, 6.07) is 0.932. The molecule has 0 amide bonds. The highest BCUT2D eigenvalue weighted by molar-refractivity contribution is 8.93. The van der Waals surface area contributed by atoms with E-state index in [1.54, 1.807) is 0 Å². The third-order valence-electron chi connectivity index (χ3n) is 1.76. The molecule has 0 saturated carbocycles. The zero-order chi connectivity index (χ0) is 13.4. The number of rotatable bonds is 2. The molecule has 0 aliphatic heterocycles. The number of nitrogens with zero attached hydrogens (tertiary/aromatic N) is 1. The van der Waals surface area contributed by atoms with Gasteiger partial charge >= 0.3 is 6.18 Å². The van der Waals surface area contributed by atoms with Gasteiger partial charge in [-0.15, -0.1) is 34.0 Å². The maximum Gasteiger partial charge on any atom is 0.416 e. The summed E-state index contributed by atoms with van der Waals surface area (Å²) in [4.78, 5) is 8.27. The molecule has 6 nitrogen and oxygen atoms in total. The van der Waals surface area contributed by atoms with Crippen molar-refractivity contribution in [1.29, 1.82) is 0 Å². The van der Waals surface area contributed by atoms with Gasteiger partial charge < -0.3 is 0 Å². The van der Waals surface area contributed by atoms with Gasteiger partial charge in [0.25, 0.3) is 5.69 Å². The van der Waals surface area contributed by atoms with Crippen molar-refractivity contribution in [3.63, 3.8) is 0 Å². The van der Waals surface area contributed by atoms with E-state index in [1.165, 1.54) is 0 Å². The second-order valence-electron chi connectivity index (χ2n) is 3.02. The number of alkyl halides is 3. The van der Waals surface area contributed by atoms with Crippen molar-refractivity contribution < 1.29 is 26.5 Å². The van der Waals surface area contributed by atoms with E-state index in [9.17, 15) is 31.7 Å². The molecule has 0 fully saturated rings. The predicted molar refractivity (Wildman–Crippen MR) is 70.1 cm³/mol. The van der Waals surface area contributed by atoms with Gasteiger partial charge in [-0.1, -0.05) is 0 Å². The summed E-state index contributed by atoms with van der Waals surface area (Å²) < 4.78 is 58.8. The Morgan fingerprint density at radius 2 is 1.63 bits per heavy atom. The first-order valence-electron chi connectivity index (χ1n) is 3.91. The molecule has 12 heteroatoms. The number of hydrogen-bond acceptors (Lipinski definition) is 4. The highest BCUT2D eigenvalue weighted by atomic mass is 79.9. The minimum atomic E-state index is -4.90. The van der Waals surface area contributed by atoms with E-state index < -0.39 is 37.3 Å². The average molecular weight is 432 g/mol. The van der Waals surface area contributed by atoms with Gasteiger partial charge in [0.15, 0.2) is 0 Å². The smallest absolute Gasteiger partial charge is 0.258 e. The molecule has 0 heterocycles. The lowest BCUT2D eigenvalue weighted by atomic mass is 10.2. The van der Waals surface area contributed by atoms with Gasteiger partial charge in [0, 0.05) is 12.1 Å². The van der Waals surface area contributed by atoms with Crippen molar-refractivity contribution in [1.82, 2.24) is 0 Å². The van der Waals surface area contributed by atoms with E-state index in [1.807, 2.05) is 0 Å². The van der Waals surface area contributed by atoms with Crippen molar-refractivity contribution in [2.75, 3.05) is 0 Å². The van der Waals surface area contributed by atoms with E-state index in [4.69, 9.17) is 0 Å². The van der Waals surface area contributed by atoms with E-state index in [2.05, 4.69) is 5.14 Å². The Labute approximate surface area is 126 Å². The van der Waals surface area contributed by atoms with Crippen LogP contribution in [0.2, 0.25) is 0 Å². The second-order valence-corrected chi connectivity index (χ2v) is 4.58. The zero-order valence-corrected chi connectivity index (χ0v) is 13.0. The minimum Gasteiger partial charge on any atom is -0.258 e. The van der Waals surface area contributed by atoms with Gasteiger partial charge in [-0.25, -0.2) is 13.6 Å². The fraction of sp³-hybridized carbons (Fsp3) is 0.143. The third-order valence-corrected chi connectivity index (χ3v) is 2.65. The molecule has 0 spiro atoms. The average Bonchev–Trinajstić information content (AvgIpc) is 2.14. The lowest BCUT2D eigenvalue weighted by molar-refractivity contribution is -0.385. The molecule has 1 rings (SSSR count). The summed E-state index contributed by atoms with van der Waals surface area (Å²) >= 11 is 0. The van der Waals surface area contributed by atoms with Crippen LogP contribution < -0.4 is 5.14 Å². The van der Waals surface area contributed by atoms with Crippen LogP contribution in [-0.4, -0.2) is 13.3 Å². The molecular formula is C7H7Br2F3N2O4S. The molecule has 0 bridgehead atoms. The van der Waals surface area contributed by atoms with Crippen LogP contribution in [0.5, 0.6) is 0 Å². The number of nitro benzene ring substituents is 1. The second kappa shape index (κ2) is 6.63. The van der Waals surface area contributed by atoms with Crippen molar-refractivity contribution in [3.05, 3.63) is 33.9 Å². The van der Waals surface area contributed by atoms with Crippen molar-refractivity contribution in [2.45, 2.75) is 11.1 Å². The Bertz CT molecular complexity index is 576. The zero-order valence-electron chi connectivity index (χ0n) is 8.75. The Morgan fingerprint density at radius 1 is 1.16 bits per heavy atom. The number of sulfonamides is 1. The largest absolute Gasteiger partial charge is 0.416 e. The van der Waals surface area contributed by atoms with Crippen LogP contribution in [0.4, 0.5) is 18.9 Å². The molecule has 2 N–H and O–H groups in total. The highest BCUT2D eigenvalue weighted by Gasteiger charge is 2.33. The molecule has 1 aromatic rings. The summed E-state index contributed by atoms with van der Waals surface area (Å²) in [5.74, 6) is 0. The van der Waals surface area contributed by atoms with Gasteiger partial charge in [-0.05, 0) is 6.07 Å². The van der Waals surface area contributed by atoms with Gasteiger partial charge in [0.2, 0.25) is 10.0 Å². The molecule has 19 heavy (non-hydrogen) atoms. The van der Waals surface area contributed by atoms with Crippen LogP contribution in [0, 0.1) is 10.1 Å². The van der Waals surface area contributed by atoms with Gasteiger partial charge in [-0.2, -0.15) is 13.2 Å². The fourth-order valence-corrected chi connectivity index (χ4v) is 1.59. The normalized spacial score (nSPS) is 11.2. The summed E-state index contributed by atoms with van der Waals surface area (Å²) in [6.07, 6.45) is -4.90. The number of primary sulfonamides is 1. The first-order chi connectivity index (χ1) is 7.51. The van der Waals surface area contributed by atoms with Crippen LogP contribution in [0.25, 0.3) is 0 Å². The minimum absolute atomic E-state index is 0. The fourth-order valence-electron chi connectivity index (χ4n) is 1.02. The Hall–Kier alpha value is -0.720. The Balaban J connectivity index is 0. The predicted octanol–water partition coefficient (Wildman–Crippen LogP) is 2.42. The maximum absolute atomic E-state index is 12.3. The molecule has 0 aliphatic rings. The molecule has 0 radical (unpaired) electrons. The summed E-state index contributed by atoms with van der Waals surface area (Å²) in [6.45, 7) is 0. The molecule has 0 atom stereocenters. The quantitative estimate of drug-likeness (QED) is 0.573. The first-order valence-corrected chi connectivity index (χ1v) is 5.46. The number of hydrogen-bond donors (Lipinski definition) is 1. The van der Waals surface area contributed by atoms with Gasteiger partial charge in [-0.3, -0.25) is 10.1 Å². The first kappa shape index (κ1) is 20.6. The lowest BCUT2D eigenvalue weighted by Gasteiger charge is -2.07. The molecule has 1 aromatic carbocycles. The lowest BCUT2D eigenvalue weighted by Crippen LogP contribution is -2.14. The maximum atomic E-state index is 12.3. The SMILES string of the molecule is Br.Br.NS(=O)(=O)c1cc([N+](=O)[O-])cc(C(F)(F)F)c1. The number of nitro groups is 1. The van der Waals surface area contributed by atoms with E-state index >= 15 is 0 Å². The molecule has 0 aliphatic carbocycles. The van der Waals surface area contributed by atoms with E-state index in [0.717, 1.165) is 0 Å².